The third kappa shape index (κ3) is 6.03. The van der Waals surface area contributed by atoms with Crippen molar-refractivity contribution in [3.63, 3.8) is 0 Å². The van der Waals surface area contributed by atoms with Crippen LogP contribution in [-0.4, -0.2) is 24.1 Å². The van der Waals surface area contributed by atoms with Crippen LogP contribution in [0.25, 0.3) is 65.7 Å². The number of benzene rings is 6. The molecule has 6 aromatic rings. The average Bonchev–Trinajstić information content (AvgIpc) is 3.82. The highest BCUT2D eigenvalue weighted by Crippen LogP contribution is 2.57. The molecule has 0 radical (unpaired) electrons. The maximum atomic E-state index is 13.0. The monoisotopic (exact) mass is 782 g/mol. The van der Waals surface area contributed by atoms with Crippen LogP contribution in [0.5, 0.6) is 0 Å². The average molecular weight is 783 g/mol. The zero-order valence-electron chi connectivity index (χ0n) is 35.8. The molecule has 0 amide bonds. The Kier molecular flexibility index (Phi) is 10.6. The van der Waals surface area contributed by atoms with Crippen molar-refractivity contribution in [1.82, 2.24) is 0 Å². The molecule has 10 rings (SSSR count). The SMILES string of the molecule is C.C.CC(C)C1=C2C(=C(C(C)C)C1=O)c1cccc3cccc2c13.CC(C)c1c2c(c(C(C)C)c3ccccc13)-c1ccc(B3OC(C)(C)C(C)(C)O3)c3cccc-2c13. The third-order valence-electron chi connectivity index (χ3n) is 13.4. The first-order valence-corrected chi connectivity index (χ1v) is 21.1. The molecule has 1 heterocycles. The normalized spacial score (nSPS) is 16.8. The molecule has 0 aromatic heterocycles. The Hall–Kier alpha value is -4.77. The van der Waals surface area contributed by atoms with E-state index in [4.69, 9.17) is 9.31 Å². The Morgan fingerprint density at radius 2 is 0.898 bits per heavy atom. The van der Waals surface area contributed by atoms with Crippen molar-refractivity contribution < 1.29 is 14.1 Å². The topological polar surface area (TPSA) is 35.5 Å². The van der Waals surface area contributed by atoms with Crippen LogP contribution in [0, 0.1) is 11.8 Å². The molecule has 0 spiro atoms. The molecule has 1 aliphatic heterocycles. The van der Waals surface area contributed by atoms with Gasteiger partial charge in [0.25, 0.3) is 0 Å². The third-order valence-corrected chi connectivity index (χ3v) is 13.4. The summed E-state index contributed by atoms with van der Waals surface area (Å²) in [6.07, 6.45) is 0. The first-order chi connectivity index (χ1) is 27.1. The molecule has 0 saturated carbocycles. The van der Waals surface area contributed by atoms with Crippen LogP contribution in [0.1, 0.15) is 132 Å². The van der Waals surface area contributed by atoms with E-state index in [0.29, 0.717) is 11.8 Å². The molecular weight excluding hydrogens is 719 g/mol. The number of hydrogen-bond acceptors (Lipinski definition) is 3. The lowest BCUT2D eigenvalue weighted by Gasteiger charge is -2.32. The molecule has 0 bridgehead atoms. The van der Waals surface area contributed by atoms with Crippen LogP contribution in [0.3, 0.4) is 0 Å². The van der Waals surface area contributed by atoms with Gasteiger partial charge in [0.2, 0.25) is 0 Å². The van der Waals surface area contributed by atoms with Crippen LogP contribution in [-0.2, 0) is 14.1 Å². The number of carbonyl (C=O) groups is 1. The van der Waals surface area contributed by atoms with Crippen molar-refractivity contribution in [2.45, 2.75) is 121 Å². The van der Waals surface area contributed by atoms with Crippen molar-refractivity contribution in [2.75, 3.05) is 0 Å². The molecule has 0 N–H and O–H groups in total. The second-order valence-corrected chi connectivity index (χ2v) is 18.9. The lowest BCUT2D eigenvalue weighted by atomic mass is 9.75. The van der Waals surface area contributed by atoms with Crippen LogP contribution in [0.4, 0.5) is 0 Å². The summed E-state index contributed by atoms with van der Waals surface area (Å²) in [7, 11) is -0.374. The molecule has 3 aliphatic carbocycles. The zero-order valence-corrected chi connectivity index (χ0v) is 35.8. The van der Waals surface area contributed by atoms with Gasteiger partial charge >= 0.3 is 7.12 Å². The Labute approximate surface area is 354 Å². The minimum atomic E-state index is -0.374. The van der Waals surface area contributed by atoms with Gasteiger partial charge in [-0.15, -0.1) is 0 Å². The van der Waals surface area contributed by atoms with Crippen molar-refractivity contribution in [3.8, 4) is 22.3 Å². The van der Waals surface area contributed by atoms with E-state index in [1.807, 2.05) is 0 Å². The molecule has 304 valence electrons. The van der Waals surface area contributed by atoms with Gasteiger partial charge in [0, 0.05) is 11.1 Å². The van der Waals surface area contributed by atoms with Crippen LogP contribution in [0.2, 0.25) is 0 Å². The van der Waals surface area contributed by atoms with E-state index in [2.05, 4.69) is 174 Å². The number of Topliss-reactive ketones (excluding diaryl/α,β-unsaturated/α-hetero) is 1. The quantitative estimate of drug-likeness (QED) is 0.163. The molecule has 4 aliphatic rings. The van der Waals surface area contributed by atoms with Gasteiger partial charge in [0.15, 0.2) is 5.78 Å². The minimum absolute atomic E-state index is 0. The summed E-state index contributed by atoms with van der Waals surface area (Å²) in [5, 5.41) is 7.95. The van der Waals surface area contributed by atoms with E-state index in [9.17, 15) is 4.79 Å². The number of rotatable bonds is 5. The first kappa shape index (κ1) is 42.4. The first-order valence-electron chi connectivity index (χ1n) is 21.1. The van der Waals surface area contributed by atoms with Crippen molar-refractivity contribution >= 4 is 61.8 Å². The fraction of sp³-hybridized carbons (Fsp3) is 0.364. The summed E-state index contributed by atoms with van der Waals surface area (Å²) in [4.78, 5) is 13.0. The highest BCUT2D eigenvalue weighted by Gasteiger charge is 2.52. The number of allylic oxidation sites excluding steroid dienone is 4. The fourth-order valence-electron chi connectivity index (χ4n) is 10.3. The minimum Gasteiger partial charge on any atom is -0.399 e. The Morgan fingerprint density at radius 1 is 0.475 bits per heavy atom. The van der Waals surface area contributed by atoms with E-state index in [1.165, 1.54) is 88.0 Å². The summed E-state index contributed by atoms with van der Waals surface area (Å²) < 4.78 is 13.0. The summed E-state index contributed by atoms with van der Waals surface area (Å²) in [6, 6.07) is 33.2. The molecule has 1 saturated heterocycles. The standard InChI is InChI=1S/C32H35BO2.C21H20O.2CH4/c1-18(2)26-20-12-9-10-13-21(20)27(19(3)4)30-24-16-17-25(33-34-31(5,6)32(7,8)35-33)22-14-11-15-23(28(22)24)29(26)30;1-11(2)16-19-14-9-5-7-13-8-6-10-15(18(13)14)20(19)17(12(3)4)21(16)22;;/h9-19H,1-8H3;5-12H,1-4H3;2*1H4. The van der Waals surface area contributed by atoms with Crippen molar-refractivity contribution in [2.24, 2.45) is 11.8 Å². The Bertz CT molecular complexity index is 2630. The van der Waals surface area contributed by atoms with Gasteiger partial charge in [-0.2, -0.15) is 0 Å². The zero-order chi connectivity index (χ0) is 40.5. The van der Waals surface area contributed by atoms with E-state index in [0.717, 1.165) is 16.6 Å². The predicted octanol–water partition coefficient (Wildman–Crippen LogP) is 14.7. The fourth-order valence-corrected chi connectivity index (χ4v) is 10.3. The highest BCUT2D eigenvalue weighted by atomic mass is 16.7. The van der Waals surface area contributed by atoms with Gasteiger partial charge in [-0.25, -0.2) is 0 Å². The van der Waals surface area contributed by atoms with Gasteiger partial charge in [-0.1, -0.05) is 161 Å². The van der Waals surface area contributed by atoms with Crippen LogP contribution >= 0.6 is 0 Å². The van der Waals surface area contributed by atoms with E-state index in [-0.39, 0.29) is 50.8 Å². The van der Waals surface area contributed by atoms with Crippen molar-refractivity contribution in [1.29, 1.82) is 0 Å². The van der Waals surface area contributed by atoms with Gasteiger partial charge in [0.1, 0.15) is 0 Å². The summed E-state index contributed by atoms with van der Waals surface area (Å²) in [6.45, 7) is 26.3. The van der Waals surface area contributed by atoms with E-state index < -0.39 is 0 Å². The number of hydrogen-bond donors (Lipinski definition) is 0. The molecule has 59 heavy (non-hydrogen) atoms. The molecule has 0 unspecified atom stereocenters. The number of fused-ring (bicyclic) bond motifs is 7. The highest BCUT2D eigenvalue weighted by molar-refractivity contribution is 6.65. The summed E-state index contributed by atoms with van der Waals surface area (Å²) >= 11 is 0. The van der Waals surface area contributed by atoms with Crippen LogP contribution in [0.15, 0.2) is 102 Å². The van der Waals surface area contributed by atoms with Gasteiger partial charge in [-0.3, -0.25) is 4.79 Å². The van der Waals surface area contributed by atoms with Gasteiger partial charge in [-0.05, 0) is 145 Å². The van der Waals surface area contributed by atoms with Crippen molar-refractivity contribution in [3.05, 3.63) is 124 Å². The summed E-state index contributed by atoms with van der Waals surface area (Å²) in [5.41, 5.74) is 15.8. The lowest BCUT2D eigenvalue weighted by molar-refractivity contribution is -0.112. The predicted molar refractivity (Wildman–Crippen MR) is 256 cm³/mol. The van der Waals surface area contributed by atoms with Gasteiger partial charge in [0.05, 0.1) is 11.2 Å². The second kappa shape index (κ2) is 14.7. The maximum Gasteiger partial charge on any atom is 0.495 e. The summed E-state index contributed by atoms with van der Waals surface area (Å²) in [5.74, 6) is 1.60. The molecule has 1 fully saturated rings. The van der Waals surface area contributed by atoms with E-state index >= 15 is 0 Å². The Morgan fingerprint density at radius 3 is 1.36 bits per heavy atom. The van der Waals surface area contributed by atoms with E-state index in [1.54, 1.807) is 0 Å². The molecule has 6 aromatic carbocycles. The van der Waals surface area contributed by atoms with Gasteiger partial charge < -0.3 is 9.31 Å². The number of ketones is 1. The Balaban J connectivity index is 0.000000190. The lowest BCUT2D eigenvalue weighted by Crippen LogP contribution is -2.41. The molecule has 0 atom stereocenters. The molecule has 3 nitrogen and oxygen atoms in total. The largest absolute Gasteiger partial charge is 0.495 e. The second-order valence-electron chi connectivity index (χ2n) is 18.9. The van der Waals surface area contributed by atoms with Crippen LogP contribution < -0.4 is 5.46 Å². The molecular formula is C55H63BO3. The molecule has 4 heteroatoms. The smallest absolute Gasteiger partial charge is 0.399 e. The maximum absolute atomic E-state index is 13.0. The number of carbonyl (C=O) groups excluding carboxylic acids is 1.